The molecule has 2 unspecified atom stereocenters. The molecular weight excluding hydrogens is 274 g/mol. The minimum Gasteiger partial charge on any atom is -0.393 e. The zero-order valence-electron chi connectivity index (χ0n) is 12.1. The molecule has 0 radical (unpaired) electrons. The van der Waals surface area contributed by atoms with Crippen molar-refractivity contribution in [2.24, 2.45) is 5.92 Å². The van der Waals surface area contributed by atoms with Crippen LogP contribution >= 0.6 is 0 Å². The van der Waals surface area contributed by atoms with Crippen LogP contribution in [-0.4, -0.2) is 33.2 Å². The normalized spacial score (nSPS) is 21.4. The summed E-state index contributed by atoms with van der Waals surface area (Å²) in [5.41, 5.74) is 0.227. The molecule has 1 fully saturated rings. The Bertz CT molecular complexity index is 526. The summed E-state index contributed by atoms with van der Waals surface area (Å²) in [6.07, 6.45) is 4.47. The van der Waals surface area contributed by atoms with Gasteiger partial charge in [-0.05, 0) is 19.3 Å². The number of aryl methyl sites for hydroxylation is 1. The molecule has 0 saturated heterocycles. The summed E-state index contributed by atoms with van der Waals surface area (Å²) in [6, 6.07) is 1.30. The first-order chi connectivity index (χ1) is 10.0. The minimum atomic E-state index is -0.496. The molecule has 0 spiro atoms. The molecule has 0 aliphatic heterocycles. The molecule has 7 nitrogen and oxygen atoms in total. The van der Waals surface area contributed by atoms with Gasteiger partial charge in [-0.2, -0.15) is 0 Å². The van der Waals surface area contributed by atoms with E-state index in [0.717, 1.165) is 25.7 Å². The molecule has 1 aliphatic rings. The summed E-state index contributed by atoms with van der Waals surface area (Å²) < 4.78 is 1.61. The number of nitrogens with one attached hydrogen (secondary N) is 1. The number of nitro groups is 1. The van der Waals surface area contributed by atoms with Crippen LogP contribution in [0.15, 0.2) is 12.3 Å². The second-order valence-corrected chi connectivity index (χ2v) is 5.50. The summed E-state index contributed by atoms with van der Waals surface area (Å²) in [7, 11) is 0. The maximum absolute atomic E-state index is 12.2. The smallest absolute Gasteiger partial charge is 0.287 e. The van der Waals surface area contributed by atoms with Crippen LogP contribution < -0.4 is 5.32 Å². The molecule has 2 atom stereocenters. The lowest BCUT2D eigenvalue weighted by atomic mass is 10.1. The highest BCUT2D eigenvalue weighted by molar-refractivity contribution is 5.93. The zero-order valence-corrected chi connectivity index (χ0v) is 12.1. The van der Waals surface area contributed by atoms with Crippen molar-refractivity contribution >= 4 is 11.6 Å². The highest BCUT2D eigenvalue weighted by Crippen LogP contribution is 2.25. The number of nitrogens with zero attached hydrogens (tertiary/aromatic N) is 2. The standard InChI is InChI=1S/C14H21N3O4/c1-2-6-16-9-11(17(20)21)7-12(16)14(19)15-8-10-4-3-5-13(10)18/h7,9-10,13,18H,2-6,8H2,1H3,(H,15,19). The number of aliphatic hydroxyl groups excluding tert-OH is 1. The van der Waals surface area contributed by atoms with Gasteiger partial charge in [-0.1, -0.05) is 13.3 Å². The Morgan fingerprint density at radius 2 is 2.33 bits per heavy atom. The van der Waals surface area contributed by atoms with Gasteiger partial charge in [0.25, 0.3) is 11.6 Å². The van der Waals surface area contributed by atoms with Crippen molar-refractivity contribution in [2.75, 3.05) is 6.54 Å². The van der Waals surface area contributed by atoms with Crippen LogP contribution in [0.25, 0.3) is 0 Å². The Hall–Kier alpha value is -1.89. The molecule has 7 heteroatoms. The Morgan fingerprint density at radius 1 is 1.57 bits per heavy atom. The van der Waals surface area contributed by atoms with Crippen LogP contribution in [0.3, 0.4) is 0 Å². The predicted octanol–water partition coefficient (Wildman–Crippen LogP) is 1.70. The summed E-state index contributed by atoms with van der Waals surface area (Å²) in [4.78, 5) is 22.5. The average Bonchev–Trinajstić information content (AvgIpc) is 3.03. The van der Waals surface area contributed by atoms with Crippen LogP contribution in [0, 0.1) is 16.0 Å². The minimum absolute atomic E-state index is 0.0745. The highest BCUT2D eigenvalue weighted by atomic mass is 16.6. The van der Waals surface area contributed by atoms with Crippen molar-refractivity contribution in [3.63, 3.8) is 0 Å². The van der Waals surface area contributed by atoms with Gasteiger partial charge in [0.2, 0.25) is 0 Å². The Balaban J connectivity index is 2.05. The van der Waals surface area contributed by atoms with Crippen molar-refractivity contribution < 1.29 is 14.8 Å². The lowest BCUT2D eigenvalue weighted by Crippen LogP contribution is -2.33. The number of rotatable bonds is 6. The monoisotopic (exact) mass is 295 g/mol. The molecule has 116 valence electrons. The van der Waals surface area contributed by atoms with Crippen LogP contribution in [0.1, 0.15) is 43.1 Å². The molecule has 0 bridgehead atoms. The summed E-state index contributed by atoms with van der Waals surface area (Å²) in [5.74, 6) is -0.242. The van der Waals surface area contributed by atoms with E-state index in [4.69, 9.17) is 0 Å². The van der Waals surface area contributed by atoms with Crippen molar-refractivity contribution in [3.8, 4) is 0 Å². The van der Waals surface area contributed by atoms with Crippen LogP contribution in [0.4, 0.5) is 5.69 Å². The Labute approximate surface area is 123 Å². The molecule has 21 heavy (non-hydrogen) atoms. The first kappa shape index (κ1) is 15.5. The van der Waals surface area contributed by atoms with Gasteiger partial charge in [0.1, 0.15) is 5.69 Å². The van der Waals surface area contributed by atoms with Gasteiger partial charge in [-0.3, -0.25) is 14.9 Å². The third-order valence-corrected chi connectivity index (χ3v) is 3.93. The largest absolute Gasteiger partial charge is 0.393 e. The van der Waals surface area contributed by atoms with Crippen molar-refractivity contribution in [1.29, 1.82) is 0 Å². The van der Waals surface area contributed by atoms with E-state index < -0.39 is 4.92 Å². The van der Waals surface area contributed by atoms with Crippen molar-refractivity contribution in [1.82, 2.24) is 9.88 Å². The van der Waals surface area contributed by atoms with Gasteiger partial charge in [0.15, 0.2) is 0 Å². The van der Waals surface area contributed by atoms with E-state index in [-0.39, 0.29) is 23.6 Å². The maximum Gasteiger partial charge on any atom is 0.287 e. The van der Waals surface area contributed by atoms with E-state index in [2.05, 4.69) is 5.32 Å². The summed E-state index contributed by atoms with van der Waals surface area (Å²) >= 11 is 0. The topological polar surface area (TPSA) is 97.4 Å². The first-order valence-corrected chi connectivity index (χ1v) is 7.33. The molecule has 2 N–H and O–H groups in total. The van der Waals surface area contributed by atoms with Gasteiger partial charge < -0.3 is 15.0 Å². The number of carbonyl (C=O) groups is 1. The molecule has 1 aromatic heterocycles. The molecule has 1 aliphatic carbocycles. The van der Waals surface area contributed by atoms with E-state index in [1.54, 1.807) is 4.57 Å². The highest BCUT2D eigenvalue weighted by Gasteiger charge is 2.26. The number of aliphatic hydroxyl groups is 1. The molecular formula is C14H21N3O4. The van der Waals surface area contributed by atoms with Gasteiger partial charge >= 0.3 is 0 Å². The number of amides is 1. The summed E-state index contributed by atoms with van der Waals surface area (Å²) in [6.45, 7) is 2.91. The van der Waals surface area contributed by atoms with E-state index in [1.807, 2.05) is 6.92 Å². The fraction of sp³-hybridized carbons (Fsp3) is 0.643. The molecule has 1 saturated carbocycles. The van der Waals surface area contributed by atoms with Gasteiger partial charge in [-0.15, -0.1) is 0 Å². The fourth-order valence-electron chi connectivity index (χ4n) is 2.78. The molecule has 2 rings (SSSR count). The van der Waals surface area contributed by atoms with E-state index in [0.29, 0.717) is 18.8 Å². The van der Waals surface area contributed by atoms with Gasteiger partial charge in [0, 0.05) is 25.1 Å². The lowest BCUT2D eigenvalue weighted by Gasteiger charge is -2.15. The fourth-order valence-corrected chi connectivity index (χ4v) is 2.78. The molecule has 1 aromatic rings. The third kappa shape index (κ3) is 3.60. The molecule has 1 amide bonds. The zero-order chi connectivity index (χ0) is 15.4. The van der Waals surface area contributed by atoms with Gasteiger partial charge in [-0.25, -0.2) is 0 Å². The second kappa shape index (κ2) is 6.71. The Morgan fingerprint density at radius 3 is 2.90 bits per heavy atom. The van der Waals surface area contributed by atoms with E-state index in [1.165, 1.54) is 12.3 Å². The third-order valence-electron chi connectivity index (χ3n) is 3.93. The van der Waals surface area contributed by atoms with Gasteiger partial charge in [0.05, 0.1) is 17.2 Å². The SMILES string of the molecule is CCCn1cc([N+](=O)[O-])cc1C(=O)NCC1CCCC1O. The molecule has 0 aromatic carbocycles. The first-order valence-electron chi connectivity index (χ1n) is 7.33. The Kier molecular flexibility index (Phi) is 4.95. The quantitative estimate of drug-likeness (QED) is 0.616. The van der Waals surface area contributed by atoms with Crippen molar-refractivity contribution in [3.05, 3.63) is 28.1 Å². The van der Waals surface area contributed by atoms with E-state index >= 15 is 0 Å². The van der Waals surface area contributed by atoms with E-state index in [9.17, 15) is 20.0 Å². The predicted molar refractivity (Wildman–Crippen MR) is 77.1 cm³/mol. The van der Waals surface area contributed by atoms with Crippen LogP contribution in [0.2, 0.25) is 0 Å². The lowest BCUT2D eigenvalue weighted by molar-refractivity contribution is -0.384. The van der Waals surface area contributed by atoms with Crippen molar-refractivity contribution in [2.45, 2.75) is 45.3 Å². The number of hydrogen-bond donors (Lipinski definition) is 2. The summed E-state index contributed by atoms with van der Waals surface area (Å²) in [5, 5.41) is 23.4. The maximum atomic E-state index is 12.2. The number of aromatic nitrogens is 1. The molecule has 1 heterocycles. The van der Waals surface area contributed by atoms with Crippen LogP contribution in [0.5, 0.6) is 0 Å². The average molecular weight is 295 g/mol. The number of carbonyl (C=O) groups excluding carboxylic acids is 1. The second-order valence-electron chi connectivity index (χ2n) is 5.50. The van der Waals surface area contributed by atoms with Crippen LogP contribution in [-0.2, 0) is 6.54 Å². The number of hydrogen-bond acceptors (Lipinski definition) is 4.